The molecule has 1 saturated heterocycles. The molecule has 0 bridgehead atoms. The third-order valence-electron chi connectivity index (χ3n) is 1.41. The smallest absolute Gasteiger partial charge is 0.0691 e. The zero-order chi connectivity index (χ0) is 6.85. The molecular formula is C5H11IN2O. The number of aliphatic hydroxyl groups excluding tert-OH is 1. The minimum Gasteiger partial charge on any atom is -0.392 e. The molecule has 54 valence electrons. The Labute approximate surface area is 68.3 Å². The molecule has 1 aliphatic rings. The maximum atomic E-state index is 9.12. The van der Waals surface area contributed by atoms with Gasteiger partial charge in [-0.2, -0.15) is 0 Å². The molecule has 0 amide bonds. The molecule has 0 saturated carbocycles. The van der Waals surface area contributed by atoms with Crippen molar-refractivity contribution in [1.29, 1.82) is 0 Å². The van der Waals surface area contributed by atoms with Gasteiger partial charge in [0.1, 0.15) is 0 Å². The molecular weight excluding hydrogens is 231 g/mol. The first-order chi connectivity index (χ1) is 4.18. The summed E-state index contributed by atoms with van der Waals surface area (Å²) in [6.07, 6.45) is 0.666. The summed E-state index contributed by atoms with van der Waals surface area (Å²) < 4.78 is 0.511. The Bertz CT molecular complexity index is 75.9. The number of rotatable bonds is 0. The van der Waals surface area contributed by atoms with Crippen LogP contribution in [0.15, 0.2) is 0 Å². The van der Waals surface area contributed by atoms with E-state index in [0.29, 0.717) is 10.5 Å². The van der Waals surface area contributed by atoms with Crippen LogP contribution in [-0.2, 0) is 0 Å². The number of piperidine rings is 1. The van der Waals surface area contributed by atoms with Gasteiger partial charge in [-0.1, -0.05) is 22.6 Å². The maximum absolute atomic E-state index is 9.12. The fourth-order valence-electron chi connectivity index (χ4n) is 1.04. The van der Waals surface area contributed by atoms with E-state index in [9.17, 15) is 0 Å². The Hall–Kier alpha value is 0.610. The highest BCUT2D eigenvalue weighted by Gasteiger charge is 2.21. The SMILES string of the molecule is NN1C[C@@H](O)C[C@H](I)C1. The van der Waals surface area contributed by atoms with Crippen molar-refractivity contribution in [2.45, 2.75) is 16.4 Å². The van der Waals surface area contributed by atoms with Gasteiger partial charge in [0, 0.05) is 17.0 Å². The summed E-state index contributed by atoms with van der Waals surface area (Å²) in [6.45, 7) is 1.52. The van der Waals surface area contributed by atoms with E-state index in [0.717, 1.165) is 13.0 Å². The molecule has 2 atom stereocenters. The van der Waals surface area contributed by atoms with E-state index in [1.165, 1.54) is 0 Å². The van der Waals surface area contributed by atoms with Gasteiger partial charge in [-0.25, -0.2) is 5.01 Å². The van der Waals surface area contributed by atoms with Gasteiger partial charge in [-0.05, 0) is 6.42 Å². The Morgan fingerprint density at radius 1 is 1.56 bits per heavy atom. The third kappa shape index (κ3) is 2.37. The summed E-state index contributed by atoms with van der Waals surface area (Å²) in [5.41, 5.74) is 0. The molecule has 0 aromatic carbocycles. The first-order valence-electron chi connectivity index (χ1n) is 3.00. The topological polar surface area (TPSA) is 49.5 Å². The number of nitrogens with two attached hydrogens (primary N) is 1. The third-order valence-corrected chi connectivity index (χ3v) is 2.31. The van der Waals surface area contributed by atoms with Crippen molar-refractivity contribution in [2.24, 2.45) is 5.84 Å². The molecule has 0 unspecified atom stereocenters. The van der Waals surface area contributed by atoms with Crippen molar-refractivity contribution in [3.63, 3.8) is 0 Å². The molecule has 0 spiro atoms. The quantitative estimate of drug-likeness (QED) is 0.349. The Kier molecular flexibility index (Phi) is 2.69. The average molecular weight is 242 g/mol. The number of alkyl halides is 1. The second-order valence-electron chi connectivity index (χ2n) is 2.44. The Balaban J connectivity index is 2.34. The van der Waals surface area contributed by atoms with Gasteiger partial charge in [0.15, 0.2) is 0 Å². The number of β-amino-alcohol motifs (C(OH)–C–C–N with tert-alkyl or cyclic N) is 1. The van der Waals surface area contributed by atoms with E-state index < -0.39 is 0 Å². The van der Waals surface area contributed by atoms with E-state index in [4.69, 9.17) is 10.9 Å². The lowest BCUT2D eigenvalue weighted by molar-refractivity contribution is 0.0770. The summed E-state index contributed by atoms with van der Waals surface area (Å²) in [5.74, 6) is 5.48. The van der Waals surface area contributed by atoms with Gasteiger partial charge in [-0.3, -0.25) is 5.84 Å². The molecule has 4 heteroatoms. The van der Waals surface area contributed by atoms with Crippen LogP contribution in [0.25, 0.3) is 0 Å². The number of hydrogen-bond acceptors (Lipinski definition) is 3. The summed E-state index contributed by atoms with van der Waals surface area (Å²) in [6, 6.07) is 0. The molecule has 1 aliphatic heterocycles. The van der Waals surface area contributed by atoms with Crippen molar-refractivity contribution >= 4 is 22.6 Å². The number of nitrogens with zero attached hydrogens (tertiary/aromatic N) is 1. The van der Waals surface area contributed by atoms with E-state index in [1.54, 1.807) is 5.01 Å². The molecule has 1 fully saturated rings. The van der Waals surface area contributed by atoms with Crippen molar-refractivity contribution in [2.75, 3.05) is 13.1 Å². The minimum atomic E-state index is -0.217. The standard InChI is InChI=1S/C5H11IN2O/c6-4-1-5(9)3-8(7)2-4/h4-5,9H,1-3,7H2/t4-,5-/m0/s1. The highest BCUT2D eigenvalue weighted by Crippen LogP contribution is 2.14. The monoisotopic (exact) mass is 242 g/mol. The van der Waals surface area contributed by atoms with Crippen molar-refractivity contribution in [3.8, 4) is 0 Å². The molecule has 9 heavy (non-hydrogen) atoms. The Morgan fingerprint density at radius 3 is 2.67 bits per heavy atom. The van der Waals surface area contributed by atoms with E-state index in [2.05, 4.69) is 22.6 Å². The fourth-order valence-corrected chi connectivity index (χ4v) is 2.14. The number of hydrogen-bond donors (Lipinski definition) is 2. The highest BCUT2D eigenvalue weighted by atomic mass is 127. The molecule has 3 nitrogen and oxygen atoms in total. The van der Waals surface area contributed by atoms with Crippen molar-refractivity contribution < 1.29 is 5.11 Å². The van der Waals surface area contributed by atoms with Crippen molar-refractivity contribution in [1.82, 2.24) is 5.01 Å². The Morgan fingerprint density at radius 2 is 2.22 bits per heavy atom. The minimum absolute atomic E-state index is 0.217. The van der Waals surface area contributed by atoms with Gasteiger partial charge in [-0.15, -0.1) is 0 Å². The van der Waals surface area contributed by atoms with Crippen LogP contribution in [0.5, 0.6) is 0 Å². The number of halogens is 1. The summed E-state index contributed by atoms with van der Waals surface area (Å²) in [7, 11) is 0. The molecule has 0 aliphatic carbocycles. The highest BCUT2D eigenvalue weighted by molar-refractivity contribution is 14.1. The van der Waals surface area contributed by atoms with Gasteiger partial charge >= 0.3 is 0 Å². The van der Waals surface area contributed by atoms with Crippen LogP contribution in [0.2, 0.25) is 0 Å². The second-order valence-corrected chi connectivity index (χ2v) is 4.20. The molecule has 1 rings (SSSR count). The predicted molar refractivity (Wildman–Crippen MR) is 44.2 cm³/mol. The van der Waals surface area contributed by atoms with Gasteiger partial charge in [0.25, 0.3) is 0 Å². The van der Waals surface area contributed by atoms with Crippen LogP contribution in [0.3, 0.4) is 0 Å². The van der Waals surface area contributed by atoms with E-state index in [1.807, 2.05) is 0 Å². The fraction of sp³-hybridized carbons (Fsp3) is 1.00. The zero-order valence-corrected chi connectivity index (χ0v) is 7.28. The van der Waals surface area contributed by atoms with Crippen LogP contribution in [-0.4, -0.2) is 33.2 Å². The lowest BCUT2D eigenvalue weighted by Gasteiger charge is -2.29. The predicted octanol–water partition coefficient (Wildman–Crippen LogP) is -0.270. The normalized spacial score (nSPS) is 39.0. The number of hydrazine groups is 1. The molecule has 0 aromatic heterocycles. The van der Waals surface area contributed by atoms with Crippen LogP contribution < -0.4 is 5.84 Å². The van der Waals surface area contributed by atoms with Crippen molar-refractivity contribution in [3.05, 3.63) is 0 Å². The molecule has 0 radical (unpaired) electrons. The number of aliphatic hydroxyl groups is 1. The van der Waals surface area contributed by atoms with E-state index >= 15 is 0 Å². The summed E-state index contributed by atoms with van der Waals surface area (Å²) >= 11 is 2.31. The largest absolute Gasteiger partial charge is 0.392 e. The first kappa shape index (κ1) is 7.71. The molecule has 1 heterocycles. The molecule has 0 aromatic rings. The van der Waals surface area contributed by atoms with Gasteiger partial charge in [0.05, 0.1) is 6.10 Å². The first-order valence-corrected chi connectivity index (χ1v) is 4.25. The van der Waals surface area contributed by atoms with E-state index in [-0.39, 0.29) is 6.10 Å². The van der Waals surface area contributed by atoms with Crippen LogP contribution >= 0.6 is 22.6 Å². The van der Waals surface area contributed by atoms with Crippen LogP contribution in [0, 0.1) is 0 Å². The summed E-state index contributed by atoms with van der Waals surface area (Å²) in [5, 5.41) is 10.8. The second kappa shape index (κ2) is 3.14. The average Bonchev–Trinajstić information content (AvgIpc) is 1.59. The van der Waals surface area contributed by atoms with Crippen LogP contribution in [0.1, 0.15) is 6.42 Å². The van der Waals surface area contributed by atoms with Gasteiger partial charge < -0.3 is 5.11 Å². The lowest BCUT2D eigenvalue weighted by atomic mass is 10.1. The zero-order valence-electron chi connectivity index (χ0n) is 5.13. The maximum Gasteiger partial charge on any atom is 0.0691 e. The van der Waals surface area contributed by atoms with Crippen LogP contribution in [0.4, 0.5) is 0 Å². The lowest BCUT2D eigenvalue weighted by Crippen LogP contribution is -2.47. The van der Waals surface area contributed by atoms with Gasteiger partial charge in [0.2, 0.25) is 0 Å². The molecule has 3 N–H and O–H groups in total. The summed E-state index contributed by atoms with van der Waals surface area (Å²) in [4.78, 5) is 0.